The summed E-state index contributed by atoms with van der Waals surface area (Å²) in [7, 11) is 1.70. The molecule has 1 aromatic rings. The Bertz CT molecular complexity index is 463. The van der Waals surface area contributed by atoms with Gasteiger partial charge in [-0.05, 0) is 55.7 Å². The third kappa shape index (κ3) is 4.00. The summed E-state index contributed by atoms with van der Waals surface area (Å²) in [6.45, 7) is 2.22. The van der Waals surface area contributed by atoms with Crippen molar-refractivity contribution in [3.05, 3.63) is 29.8 Å². The lowest BCUT2D eigenvalue weighted by Gasteiger charge is -2.35. The van der Waals surface area contributed by atoms with Gasteiger partial charge in [0.2, 0.25) is 0 Å². The summed E-state index contributed by atoms with van der Waals surface area (Å²) in [6.07, 6.45) is 9.19. The molecule has 1 aliphatic rings. The van der Waals surface area contributed by atoms with Gasteiger partial charge >= 0.3 is 0 Å². The van der Waals surface area contributed by atoms with E-state index in [0.717, 1.165) is 37.9 Å². The summed E-state index contributed by atoms with van der Waals surface area (Å²) in [5.74, 6) is 1.53. The van der Waals surface area contributed by atoms with Gasteiger partial charge in [-0.2, -0.15) is 5.26 Å². The molecule has 0 radical (unpaired) electrons. The highest BCUT2D eigenvalue weighted by atomic mass is 16.5. The second-order valence-electron chi connectivity index (χ2n) is 6.40. The second kappa shape index (κ2) is 7.50. The Labute approximate surface area is 129 Å². The van der Waals surface area contributed by atoms with Crippen molar-refractivity contribution in [1.82, 2.24) is 0 Å². The molecule has 1 fully saturated rings. The minimum Gasteiger partial charge on any atom is -0.497 e. The van der Waals surface area contributed by atoms with E-state index < -0.39 is 0 Å². The third-order valence-electron chi connectivity index (χ3n) is 5.03. The lowest BCUT2D eigenvalue weighted by Crippen LogP contribution is -2.25. The molecular formula is C19H27NO. The number of benzene rings is 1. The highest BCUT2D eigenvalue weighted by Crippen LogP contribution is 2.45. The lowest BCUT2D eigenvalue weighted by atomic mass is 9.67. The molecule has 0 aliphatic heterocycles. The van der Waals surface area contributed by atoms with Crippen molar-refractivity contribution in [3.8, 4) is 11.8 Å². The van der Waals surface area contributed by atoms with Crippen molar-refractivity contribution in [1.29, 1.82) is 5.26 Å². The van der Waals surface area contributed by atoms with Gasteiger partial charge in [-0.25, -0.2) is 0 Å². The Hall–Kier alpha value is -1.49. The molecule has 0 atom stereocenters. The molecule has 0 amide bonds. The average molecular weight is 285 g/mol. The summed E-state index contributed by atoms with van der Waals surface area (Å²) in [5.41, 5.74) is 1.36. The van der Waals surface area contributed by atoms with Crippen molar-refractivity contribution >= 4 is 0 Å². The Balaban J connectivity index is 1.93. The zero-order valence-electron chi connectivity index (χ0n) is 13.4. The quantitative estimate of drug-likeness (QED) is 0.652. The minimum atomic E-state index is -0.0435. The smallest absolute Gasteiger partial charge is 0.118 e. The topological polar surface area (TPSA) is 33.0 Å². The van der Waals surface area contributed by atoms with Crippen LogP contribution >= 0.6 is 0 Å². The number of unbranched alkanes of at least 4 members (excludes halogenated alkanes) is 2. The van der Waals surface area contributed by atoms with Crippen LogP contribution in [-0.4, -0.2) is 7.11 Å². The van der Waals surface area contributed by atoms with Crippen LogP contribution in [0, 0.1) is 16.7 Å². The van der Waals surface area contributed by atoms with Crippen LogP contribution in [0.5, 0.6) is 5.75 Å². The maximum absolute atomic E-state index is 9.60. The second-order valence-corrected chi connectivity index (χ2v) is 6.40. The first-order valence-electron chi connectivity index (χ1n) is 8.28. The van der Waals surface area contributed by atoms with Crippen LogP contribution in [0.15, 0.2) is 24.3 Å². The summed E-state index contributed by atoms with van der Waals surface area (Å²) in [6, 6.07) is 11.1. The van der Waals surface area contributed by atoms with Crippen LogP contribution in [0.3, 0.4) is 0 Å². The summed E-state index contributed by atoms with van der Waals surface area (Å²) < 4.78 is 5.22. The highest BCUT2D eigenvalue weighted by molar-refractivity contribution is 5.30. The Kier molecular flexibility index (Phi) is 5.67. The maximum Gasteiger partial charge on any atom is 0.118 e. The fourth-order valence-electron chi connectivity index (χ4n) is 3.51. The number of rotatable bonds is 6. The van der Waals surface area contributed by atoms with E-state index in [2.05, 4.69) is 25.1 Å². The van der Waals surface area contributed by atoms with E-state index in [1.54, 1.807) is 7.11 Å². The van der Waals surface area contributed by atoms with Crippen molar-refractivity contribution in [2.45, 2.75) is 64.2 Å². The van der Waals surface area contributed by atoms with Crippen molar-refractivity contribution in [3.63, 3.8) is 0 Å². The number of nitrogens with zero attached hydrogens (tertiary/aromatic N) is 1. The average Bonchev–Trinajstić information content (AvgIpc) is 2.56. The zero-order valence-corrected chi connectivity index (χ0v) is 13.4. The number of nitriles is 1. The van der Waals surface area contributed by atoms with Crippen LogP contribution < -0.4 is 4.74 Å². The van der Waals surface area contributed by atoms with Gasteiger partial charge in [-0.15, -0.1) is 0 Å². The van der Waals surface area contributed by atoms with Crippen LogP contribution in [0.2, 0.25) is 0 Å². The molecule has 2 nitrogen and oxygen atoms in total. The standard InChI is InChI=1S/C19H27NO/c1-3-4-5-12-19(15-20)13-10-17(11-14-19)16-6-8-18(21-2)9-7-16/h6-9,17H,3-5,10-14H2,1-2H3. The molecule has 0 saturated heterocycles. The van der Waals surface area contributed by atoms with E-state index in [0.29, 0.717) is 5.92 Å². The molecule has 0 aromatic heterocycles. The van der Waals surface area contributed by atoms with Crippen LogP contribution in [0.25, 0.3) is 0 Å². The van der Waals surface area contributed by atoms with Crippen LogP contribution in [0.1, 0.15) is 69.8 Å². The van der Waals surface area contributed by atoms with E-state index in [1.807, 2.05) is 12.1 Å². The normalized spacial score (nSPS) is 25.3. The van der Waals surface area contributed by atoms with E-state index in [-0.39, 0.29) is 5.41 Å². The molecule has 0 N–H and O–H groups in total. The van der Waals surface area contributed by atoms with Crippen LogP contribution in [-0.2, 0) is 0 Å². The van der Waals surface area contributed by atoms with E-state index >= 15 is 0 Å². The highest BCUT2D eigenvalue weighted by Gasteiger charge is 2.35. The van der Waals surface area contributed by atoms with E-state index in [9.17, 15) is 5.26 Å². The van der Waals surface area contributed by atoms with Gasteiger partial charge in [-0.1, -0.05) is 38.3 Å². The SMILES string of the molecule is CCCCCC1(C#N)CCC(c2ccc(OC)cc2)CC1. The Morgan fingerprint density at radius 2 is 1.86 bits per heavy atom. The molecular weight excluding hydrogens is 258 g/mol. The van der Waals surface area contributed by atoms with E-state index in [4.69, 9.17) is 4.74 Å². The molecule has 1 aliphatic carbocycles. The molecule has 1 saturated carbocycles. The number of ether oxygens (including phenoxy) is 1. The number of methoxy groups -OCH3 is 1. The van der Waals surface area contributed by atoms with Gasteiger partial charge in [0.25, 0.3) is 0 Å². The van der Waals surface area contributed by atoms with Crippen LogP contribution in [0.4, 0.5) is 0 Å². The van der Waals surface area contributed by atoms with Crippen molar-refractivity contribution in [2.75, 3.05) is 7.11 Å². The maximum atomic E-state index is 9.60. The number of hydrogen-bond acceptors (Lipinski definition) is 2. The van der Waals surface area contributed by atoms with E-state index in [1.165, 1.54) is 24.8 Å². The van der Waals surface area contributed by atoms with Crippen molar-refractivity contribution in [2.24, 2.45) is 5.41 Å². The zero-order chi connectivity index (χ0) is 15.1. The van der Waals surface area contributed by atoms with Gasteiger partial charge in [0.05, 0.1) is 18.6 Å². The predicted octanol–water partition coefficient (Wildman–Crippen LogP) is 5.44. The molecule has 0 spiro atoms. The summed E-state index contributed by atoms with van der Waals surface area (Å²) in [4.78, 5) is 0. The fraction of sp³-hybridized carbons (Fsp3) is 0.632. The molecule has 0 heterocycles. The first kappa shape index (κ1) is 15.9. The first-order chi connectivity index (χ1) is 10.2. The van der Waals surface area contributed by atoms with Gasteiger partial charge in [0.15, 0.2) is 0 Å². The molecule has 1 aromatic carbocycles. The largest absolute Gasteiger partial charge is 0.497 e. The van der Waals surface area contributed by atoms with Gasteiger partial charge in [0.1, 0.15) is 5.75 Å². The third-order valence-corrected chi connectivity index (χ3v) is 5.03. The Morgan fingerprint density at radius 1 is 1.19 bits per heavy atom. The summed E-state index contributed by atoms with van der Waals surface area (Å²) >= 11 is 0. The monoisotopic (exact) mass is 285 g/mol. The molecule has 2 rings (SSSR count). The molecule has 0 unspecified atom stereocenters. The summed E-state index contributed by atoms with van der Waals surface area (Å²) in [5, 5.41) is 9.60. The minimum absolute atomic E-state index is 0.0435. The lowest BCUT2D eigenvalue weighted by molar-refractivity contribution is 0.223. The number of hydrogen-bond donors (Lipinski definition) is 0. The predicted molar refractivity (Wildman–Crippen MR) is 86.4 cm³/mol. The molecule has 21 heavy (non-hydrogen) atoms. The van der Waals surface area contributed by atoms with Gasteiger partial charge < -0.3 is 4.74 Å². The van der Waals surface area contributed by atoms with Gasteiger partial charge in [0, 0.05) is 0 Å². The fourth-order valence-corrected chi connectivity index (χ4v) is 3.51. The Morgan fingerprint density at radius 3 is 2.38 bits per heavy atom. The first-order valence-corrected chi connectivity index (χ1v) is 8.28. The molecule has 0 bridgehead atoms. The molecule has 114 valence electrons. The van der Waals surface area contributed by atoms with Gasteiger partial charge in [-0.3, -0.25) is 0 Å². The van der Waals surface area contributed by atoms with Crippen molar-refractivity contribution < 1.29 is 4.74 Å². The molecule has 2 heteroatoms.